The van der Waals surface area contributed by atoms with Gasteiger partial charge < -0.3 is 25.2 Å². The van der Waals surface area contributed by atoms with Crippen LogP contribution in [0.3, 0.4) is 0 Å². The standard InChI is InChI=1S/C18H35N5O2/c1-5-21-8-6-7-15(14-21)13-20-16(19)22-9-11-23(12-10-22)17(24)25-18(2,3)4/h15H,5-14H2,1-4H3,(H2,19,20). The number of piperidine rings is 1. The topological polar surface area (TPSA) is 74.4 Å². The Morgan fingerprint density at radius 1 is 1.16 bits per heavy atom. The first-order valence-electron chi connectivity index (χ1n) is 9.53. The molecule has 7 nitrogen and oxygen atoms in total. The molecule has 0 aromatic heterocycles. The van der Waals surface area contributed by atoms with Gasteiger partial charge in [0.25, 0.3) is 0 Å². The Hall–Kier alpha value is -1.50. The zero-order valence-corrected chi connectivity index (χ0v) is 16.3. The van der Waals surface area contributed by atoms with Crippen LogP contribution in [0.15, 0.2) is 4.99 Å². The second kappa shape index (κ2) is 8.74. The van der Waals surface area contributed by atoms with Gasteiger partial charge in [0.2, 0.25) is 0 Å². The Labute approximate surface area is 152 Å². The van der Waals surface area contributed by atoms with E-state index in [4.69, 9.17) is 10.5 Å². The van der Waals surface area contributed by atoms with Crippen molar-refractivity contribution < 1.29 is 9.53 Å². The number of amides is 1. The molecule has 0 aromatic carbocycles. The van der Waals surface area contributed by atoms with Crippen molar-refractivity contribution in [1.29, 1.82) is 0 Å². The molecule has 0 aromatic rings. The lowest BCUT2D eigenvalue weighted by Gasteiger charge is -2.36. The van der Waals surface area contributed by atoms with Crippen LogP contribution in [-0.4, -0.2) is 84.7 Å². The van der Waals surface area contributed by atoms with Crippen LogP contribution in [0.5, 0.6) is 0 Å². The van der Waals surface area contributed by atoms with Crippen molar-refractivity contribution in [3.8, 4) is 0 Å². The average Bonchev–Trinajstić information content (AvgIpc) is 2.58. The Balaban J connectivity index is 1.76. The summed E-state index contributed by atoms with van der Waals surface area (Å²) in [6, 6.07) is 0. The van der Waals surface area contributed by atoms with Gasteiger partial charge in [-0.25, -0.2) is 4.79 Å². The van der Waals surface area contributed by atoms with Crippen LogP contribution >= 0.6 is 0 Å². The minimum atomic E-state index is -0.457. The van der Waals surface area contributed by atoms with Crippen molar-refractivity contribution in [1.82, 2.24) is 14.7 Å². The third-order valence-corrected chi connectivity index (χ3v) is 4.82. The number of hydrogen-bond acceptors (Lipinski definition) is 4. The van der Waals surface area contributed by atoms with Crippen molar-refractivity contribution in [2.45, 2.75) is 46.1 Å². The van der Waals surface area contributed by atoms with E-state index in [1.165, 1.54) is 19.4 Å². The summed E-state index contributed by atoms with van der Waals surface area (Å²) in [6.07, 6.45) is 2.24. The molecular weight excluding hydrogens is 318 g/mol. The maximum Gasteiger partial charge on any atom is 0.410 e. The van der Waals surface area contributed by atoms with E-state index in [1.807, 2.05) is 20.8 Å². The number of rotatable bonds is 3. The molecule has 2 N–H and O–H groups in total. The molecule has 1 amide bonds. The summed E-state index contributed by atoms with van der Waals surface area (Å²) >= 11 is 0. The van der Waals surface area contributed by atoms with Gasteiger partial charge in [-0.2, -0.15) is 0 Å². The molecule has 2 fully saturated rings. The molecule has 0 radical (unpaired) electrons. The highest BCUT2D eigenvalue weighted by molar-refractivity contribution is 5.78. The lowest BCUT2D eigenvalue weighted by molar-refractivity contribution is 0.0186. The zero-order chi connectivity index (χ0) is 18.4. The summed E-state index contributed by atoms with van der Waals surface area (Å²) in [7, 11) is 0. The molecule has 0 bridgehead atoms. The molecule has 1 atom stereocenters. The van der Waals surface area contributed by atoms with Crippen LogP contribution in [-0.2, 0) is 4.74 Å². The van der Waals surface area contributed by atoms with E-state index in [9.17, 15) is 4.79 Å². The lowest BCUT2D eigenvalue weighted by atomic mass is 9.98. The van der Waals surface area contributed by atoms with Crippen molar-refractivity contribution in [3.05, 3.63) is 0 Å². The smallest absolute Gasteiger partial charge is 0.410 e. The molecule has 1 unspecified atom stereocenters. The van der Waals surface area contributed by atoms with Crippen LogP contribution in [0.1, 0.15) is 40.5 Å². The maximum absolute atomic E-state index is 12.1. The molecule has 2 rings (SSSR count). The minimum Gasteiger partial charge on any atom is -0.444 e. The number of ether oxygens (including phenoxy) is 1. The fourth-order valence-electron chi connectivity index (χ4n) is 3.35. The highest BCUT2D eigenvalue weighted by Crippen LogP contribution is 2.16. The number of guanidine groups is 1. The van der Waals surface area contributed by atoms with Crippen LogP contribution in [0.25, 0.3) is 0 Å². The van der Waals surface area contributed by atoms with E-state index in [-0.39, 0.29) is 6.09 Å². The number of carbonyl (C=O) groups excluding carboxylic acids is 1. The first-order valence-corrected chi connectivity index (χ1v) is 9.53. The summed E-state index contributed by atoms with van der Waals surface area (Å²) in [5.41, 5.74) is 5.73. The van der Waals surface area contributed by atoms with E-state index >= 15 is 0 Å². The number of likely N-dealkylation sites (tertiary alicyclic amines) is 1. The minimum absolute atomic E-state index is 0.246. The van der Waals surface area contributed by atoms with Gasteiger partial charge in [0.15, 0.2) is 5.96 Å². The predicted molar refractivity (Wildman–Crippen MR) is 101 cm³/mol. The van der Waals surface area contributed by atoms with Crippen LogP contribution in [0.4, 0.5) is 4.79 Å². The van der Waals surface area contributed by atoms with Crippen molar-refractivity contribution in [3.63, 3.8) is 0 Å². The van der Waals surface area contributed by atoms with Gasteiger partial charge in [0, 0.05) is 39.3 Å². The van der Waals surface area contributed by atoms with Crippen LogP contribution < -0.4 is 5.73 Å². The van der Waals surface area contributed by atoms with Gasteiger partial charge >= 0.3 is 6.09 Å². The fraction of sp³-hybridized carbons (Fsp3) is 0.889. The first-order chi connectivity index (χ1) is 11.8. The van der Waals surface area contributed by atoms with Gasteiger partial charge in [-0.15, -0.1) is 0 Å². The normalized spacial score (nSPS) is 23.7. The number of nitrogens with zero attached hydrogens (tertiary/aromatic N) is 4. The number of piperazine rings is 1. The average molecular weight is 354 g/mol. The van der Waals surface area contributed by atoms with Gasteiger partial charge in [0.1, 0.15) is 5.60 Å². The van der Waals surface area contributed by atoms with Crippen molar-refractivity contribution in [2.75, 3.05) is 52.4 Å². The molecule has 25 heavy (non-hydrogen) atoms. The van der Waals surface area contributed by atoms with Crippen molar-refractivity contribution >= 4 is 12.1 Å². The molecule has 2 heterocycles. The number of hydrogen-bond donors (Lipinski definition) is 1. The molecule has 0 spiro atoms. The van der Waals surface area contributed by atoms with Crippen LogP contribution in [0, 0.1) is 5.92 Å². The number of carbonyl (C=O) groups is 1. The molecule has 2 aliphatic rings. The third kappa shape index (κ3) is 6.38. The summed E-state index contributed by atoms with van der Waals surface area (Å²) in [5, 5.41) is 0. The largest absolute Gasteiger partial charge is 0.444 e. The Kier molecular flexibility index (Phi) is 6.93. The van der Waals surface area contributed by atoms with Gasteiger partial charge in [-0.1, -0.05) is 6.92 Å². The van der Waals surface area contributed by atoms with Gasteiger partial charge in [0.05, 0.1) is 0 Å². The molecule has 2 aliphatic heterocycles. The Morgan fingerprint density at radius 2 is 1.80 bits per heavy atom. The second-order valence-corrected chi connectivity index (χ2v) is 8.05. The highest BCUT2D eigenvalue weighted by atomic mass is 16.6. The maximum atomic E-state index is 12.1. The van der Waals surface area contributed by atoms with E-state index in [0.717, 1.165) is 19.6 Å². The summed E-state index contributed by atoms with van der Waals surface area (Å²) in [6.45, 7) is 14.8. The zero-order valence-electron chi connectivity index (χ0n) is 16.3. The summed E-state index contributed by atoms with van der Waals surface area (Å²) in [4.78, 5) is 23.0. The van der Waals surface area contributed by atoms with Gasteiger partial charge in [-0.3, -0.25) is 4.99 Å². The third-order valence-electron chi connectivity index (χ3n) is 4.82. The first kappa shape index (κ1) is 19.8. The molecule has 144 valence electrons. The van der Waals surface area contributed by atoms with E-state index in [2.05, 4.69) is 21.7 Å². The molecular formula is C18H35N5O2. The highest BCUT2D eigenvalue weighted by Gasteiger charge is 2.26. The SMILES string of the molecule is CCN1CCCC(CN=C(N)N2CCN(C(=O)OC(C)(C)C)CC2)C1. The van der Waals surface area contributed by atoms with E-state index in [1.54, 1.807) is 4.90 Å². The molecule has 7 heteroatoms. The quantitative estimate of drug-likeness (QED) is 0.616. The molecule has 0 saturated carbocycles. The lowest BCUT2D eigenvalue weighted by Crippen LogP contribution is -2.53. The fourth-order valence-corrected chi connectivity index (χ4v) is 3.35. The van der Waals surface area contributed by atoms with E-state index < -0.39 is 5.60 Å². The van der Waals surface area contributed by atoms with Crippen LogP contribution in [0.2, 0.25) is 0 Å². The van der Waals surface area contributed by atoms with E-state index in [0.29, 0.717) is 38.1 Å². The Morgan fingerprint density at radius 3 is 2.40 bits per heavy atom. The number of aliphatic imine (C=N–C) groups is 1. The second-order valence-electron chi connectivity index (χ2n) is 8.05. The predicted octanol–water partition coefficient (Wildman–Crippen LogP) is 1.59. The van der Waals surface area contributed by atoms with Crippen molar-refractivity contribution in [2.24, 2.45) is 16.6 Å². The monoisotopic (exact) mass is 353 g/mol. The van der Waals surface area contributed by atoms with Gasteiger partial charge in [-0.05, 0) is 52.6 Å². The molecule has 0 aliphatic carbocycles. The Bertz CT molecular complexity index is 467. The number of nitrogens with two attached hydrogens (primary N) is 1. The summed E-state index contributed by atoms with van der Waals surface area (Å²) in [5.74, 6) is 1.22. The summed E-state index contributed by atoms with van der Waals surface area (Å²) < 4.78 is 5.42. The molecule has 2 saturated heterocycles.